The van der Waals surface area contributed by atoms with Gasteiger partial charge in [0.05, 0.1) is 11.1 Å². The van der Waals surface area contributed by atoms with Crippen LogP contribution in [0.2, 0.25) is 0 Å². The molecule has 1 heterocycles. The summed E-state index contributed by atoms with van der Waals surface area (Å²) in [6.45, 7) is 6.94. The van der Waals surface area contributed by atoms with Crippen LogP contribution < -0.4 is 5.32 Å². The van der Waals surface area contributed by atoms with Gasteiger partial charge in [-0.1, -0.05) is 62.4 Å². The molecule has 1 amide bonds. The predicted molar refractivity (Wildman–Crippen MR) is 104 cm³/mol. The van der Waals surface area contributed by atoms with E-state index >= 15 is 0 Å². The van der Waals surface area contributed by atoms with Crippen LogP contribution in [-0.2, 0) is 0 Å². The van der Waals surface area contributed by atoms with E-state index in [0.717, 1.165) is 34.1 Å². The molecule has 3 aromatic rings. The Morgan fingerprint density at radius 2 is 1.84 bits per heavy atom. The molecule has 0 fully saturated rings. The summed E-state index contributed by atoms with van der Waals surface area (Å²) in [5.41, 5.74) is 4.59. The Hall–Kier alpha value is -2.68. The minimum atomic E-state index is -0.0265. The van der Waals surface area contributed by atoms with Crippen molar-refractivity contribution in [2.75, 3.05) is 6.54 Å². The zero-order valence-electron chi connectivity index (χ0n) is 15.0. The van der Waals surface area contributed by atoms with E-state index < -0.39 is 0 Å². The fraction of sp³-hybridized carbons (Fsp3) is 0.273. The van der Waals surface area contributed by atoms with E-state index in [1.165, 1.54) is 0 Å². The molecule has 0 bridgehead atoms. The maximum absolute atomic E-state index is 12.7. The van der Waals surface area contributed by atoms with Gasteiger partial charge in [-0.05, 0) is 30.9 Å². The first-order valence-electron chi connectivity index (χ1n) is 8.80. The lowest BCUT2D eigenvalue weighted by molar-refractivity contribution is 0.0953. The Bertz CT molecular complexity index is 885. The van der Waals surface area contributed by atoms with Gasteiger partial charge in [0, 0.05) is 23.2 Å². The number of aryl methyl sites for hydroxylation is 1. The van der Waals surface area contributed by atoms with E-state index in [2.05, 4.69) is 37.4 Å². The summed E-state index contributed by atoms with van der Waals surface area (Å²) in [5.74, 6) is 0.544. The third-order valence-corrected chi connectivity index (χ3v) is 4.30. The number of rotatable bonds is 5. The molecule has 0 spiro atoms. The average molecular weight is 332 g/mol. The van der Waals surface area contributed by atoms with Crippen molar-refractivity contribution in [3.05, 3.63) is 65.9 Å². The molecule has 1 aromatic heterocycles. The second-order valence-electron chi connectivity index (χ2n) is 6.82. The number of nitrogens with one attached hydrogen (secondary N) is 1. The Morgan fingerprint density at radius 1 is 1.08 bits per heavy atom. The Morgan fingerprint density at radius 3 is 2.56 bits per heavy atom. The van der Waals surface area contributed by atoms with E-state index in [9.17, 15) is 4.79 Å². The van der Waals surface area contributed by atoms with Crippen molar-refractivity contribution in [2.24, 2.45) is 5.92 Å². The molecule has 25 heavy (non-hydrogen) atoms. The average Bonchev–Trinajstić information content (AvgIpc) is 2.61. The van der Waals surface area contributed by atoms with Gasteiger partial charge < -0.3 is 5.32 Å². The van der Waals surface area contributed by atoms with Crippen LogP contribution in [0, 0.1) is 12.8 Å². The number of para-hydroxylation sites is 1. The number of nitrogens with zero attached hydrogens (tertiary/aromatic N) is 1. The highest BCUT2D eigenvalue weighted by Crippen LogP contribution is 2.29. The number of hydrogen-bond acceptors (Lipinski definition) is 2. The molecule has 0 saturated heterocycles. The van der Waals surface area contributed by atoms with E-state index in [1.54, 1.807) is 0 Å². The maximum Gasteiger partial charge on any atom is 0.252 e. The van der Waals surface area contributed by atoms with Crippen LogP contribution in [0.25, 0.3) is 22.0 Å². The molecule has 0 saturated carbocycles. The topological polar surface area (TPSA) is 42.0 Å². The first kappa shape index (κ1) is 17.2. The van der Waals surface area contributed by atoms with E-state index in [0.29, 0.717) is 18.0 Å². The molecular formula is C22H24N2O. The second-order valence-corrected chi connectivity index (χ2v) is 6.82. The van der Waals surface area contributed by atoms with E-state index in [-0.39, 0.29) is 5.91 Å². The minimum Gasteiger partial charge on any atom is -0.352 e. The number of benzene rings is 2. The van der Waals surface area contributed by atoms with Gasteiger partial charge in [-0.2, -0.15) is 0 Å². The zero-order chi connectivity index (χ0) is 17.8. The van der Waals surface area contributed by atoms with Gasteiger partial charge in [-0.15, -0.1) is 0 Å². The lowest BCUT2D eigenvalue weighted by atomic mass is 9.98. The molecule has 3 heteroatoms. The van der Waals surface area contributed by atoms with Crippen LogP contribution >= 0.6 is 0 Å². The minimum absolute atomic E-state index is 0.0265. The fourth-order valence-electron chi connectivity index (χ4n) is 2.98. The van der Waals surface area contributed by atoms with E-state index in [1.807, 2.05) is 43.3 Å². The van der Waals surface area contributed by atoms with Gasteiger partial charge in [0.25, 0.3) is 5.91 Å². The first-order chi connectivity index (χ1) is 12.1. The quantitative estimate of drug-likeness (QED) is 0.715. The molecule has 0 aliphatic rings. The standard InChI is InChI=1S/C22H24N2O/c1-15(2)12-13-23-22(25)20-14-16(3)24-21-18(10-7-11-19(20)21)17-8-5-4-6-9-17/h4-11,14-15H,12-13H2,1-3H3,(H,23,25). The molecule has 0 aliphatic carbocycles. The lowest BCUT2D eigenvalue weighted by Crippen LogP contribution is -2.25. The summed E-state index contributed by atoms with van der Waals surface area (Å²) in [6.07, 6.45) is 0.975. The summed E-state index contributed by atoms with van der Waals surface area (Å²) in [4.78, 5) is 17.4. The second kappa shape index (κ2) is 7.47. The predicted octanol–water partition coefficient (Wildman–Crippen LogP) is 4.99. The summed E-state index contributed by atoms with van der Waals surface area (Å²) in [5, 5.41) is 3.94. The summed E-state index contributed by atoms with van der Waals surface area (Å²) in [7, 11) is 0. The van der Waals surface area contributed by atoms with Crippen molar-refractivity contribution in [3.8, 4) is 11.1 Å². The third kappa shape index (κ3) is 3.87. The largest absolute Gasteiger partial charge is 0.352 e. The lowest BCUT2D eigenvalue weighted by Gasteiger charge is -2.12. The SMILES string of the molecule is Cc1cc(C(=O)NCCC(C)C)c2cccc(-c3ccccc3)c2n1. The van der Waals surface area contributed by atoms with Crippen LogP contribution in [0.15, 0.2) is 54.6 Å². The smallest absolute Gasteiger partial charge is 0.252 e. The molecule has 0 atom stereocenters. The van der Waals surface area contributed by atoms with Crippen LogP contribution in [0.3, 0.4) is 0 Å². The van der Waals surface area contributed by atoms with Crippen LogP contribution in [0.1, 0.15) is 36.3 Å². The number of pyridine rings is 1. The Kier molecular flexibility index (Phi) is 5.13. The summed E-state index contributed by atoms with van der Waals surface area (Å²) in [6, 6.07) is 18.1. The number of fused-ring (bicyclic) bond motifs is 1. The van der Waals surface area contributed by atoms with Crippen molar-refractivity contribution < 1.29 is 4.79 Å². The highest BCUT2D eigenvalue weighted by atomic mass is 16.1. The van der Waals surface area contributed by atoms with Gasteiger partial charge in [0.1, 0.15) is 0 Å². The highest BCUT2D eigenvalue weighted by Gasteiger charge is 2.14. The monoisotopic (exact) mass is 332 g/mol. The summed E-state index contributed by atoms with van der Waals surface area (Å²) >= 11 is 0. The van der Waals surface area contributed by atoms with Gasteiger partial charge in [0.2, 0.25) is 0 Å². The normalized spacial score (nSPS) is 11.0. The molecule has 2 aromatic carbocycles. The van der Waals surface area contributed by atoms with Crippen molar-refractivity contribution in [1.29, 1.82) is 0 Å². The first-order valence-corrected chi connectivity index (χ1v) is 8.80. The van der Waals surface area contributed by atoms with Gasteiger partial charge in [-0.25, -0.2) is 0 Å². The van der Waals surface area contributed by atoms with Gasteiger partial charge in [0.15, 0.2) is 0 Å². The number of amides is 1. The molecule has 128 valence electrons. The van der Waals surface area contributed by atoms with Gasteiger partial charge in [-0.3, -0.25) is 9.78 Å². The maximum atomic E-state index is 12.7. The highest BCUT2D eigenvalue weighted by molar-refractivity contribution is 6.09. The molecule has 3 rings (SSSR count). The molecular weight excluding hydrogens is 308 g/mol. The zero-order valence-corrected chi connectivity index (χ0v) is 15.0. The fourth-order valence-corrected chi connectivity index (χ4v) is 2.98. The Balaban J connectivity index is 2.04. The van der Waals surface area contributed by atoms with Crippen LogP contribution in [0.4, 0.5) is 0 Å². The van der Waals surface area contributed by atoms with Crippen LogP contribution in [-0.4, -0.2) is 17.4 Å². The third-order valence-electron chi connectivity index (χ3n) is 4.30. The van der Waals surface area contributed by atoms with Gasteiger partial charge >= 0.3 is 0 Å². The summed E-state index contributed by atoms with van der Waals surface area (Å²) < 4.78 is 0. The van der Waals surface area contributed by atoms with E-state index in [4.69, 9.17) is 4.98 Å². The number of hydrogen-bond donors (Lipinski definition) is 1. The molecule has 0 unspecified atom stereocenters. The van der Waals surface area contributed by atoms with Crippen molar-refractivity contribution >= 4 is 16.8 Å². The number of carbonyl (C=O) groups is 1. The molecule has 1 N–H and O–H groups in total. The molecule has 3 nitrogen and oxygen atoms in total. The molecule has 0 radical (unpaired) electrons. The molecule has 0 aliphatic heterocycles. The van der Waals surface area contributed by atoms with Crippen molar-refractivity contribution in [2.45, 2.75) is 27.2 Å². The number of carbonyl (C=O) groups excluding carboxylic acids is 1. The Labute approximate surface area is 149 Å². The van der Waals surface area contributed by atoms with Crippen molar-refractivity contribution in [3.63, 3.8) is 0 Å². The van der Waals surface area contributed by atoms with Crippen LogP contribution in [0.5, 0.6) is 0 Å². The number of aromatic nitrogens is 1. The van der Waals surface area contributed by atoms with Crippen molar-refractivity contribution in [1.82, 2.24) is 10.3 Å².